The van der Waals surface area contributed by atoms with Gasteiger partial charge in [0.1, 0.15) is 5.76 Å². The van der Waals surface area contributed by atoms with Crippen molar-refractivity contribution in [2.45, 2.75) is 32.6 Å². The van der Waals surface area contributed by atoms with Gasteiger partial charge in [-0.1, -0.05) is 16.8 Å². The average Bonchev–Trinajstić information content (AvgIpc) is 3.02. The first kappa shape index (κ1) is 17.5. The minimum absolute atomic E-state index is 0.00620. The Morgan fingerprint density at radius 2 is 1.60 bits per heavy atom. The predicted octanol–water partition coefficient (Wildman–Crippen LogP) is 4.02. The lowest BCUT2D eigenvalue weighted by Gasteiger charge is -2.26. The fourth-order valence-corrected chi connectivity index (χ4v) is 3.17. The molecule has 1 aliphatic rings. The molecule has 2 N–H and O–H groups in total. The van der Waals surface area contributed by atoms with Gasteiger partial charge >= 0.3 is 0 Å². The van der Waals surface area contributed by atoms with E-state index in [0.717, 1.165) is 5.69 Å². The van der Waals surface area contributed by atoms with Crippen LogP contribution in [0.3, 0.4) is 0 Å². The van der Waals surface area contributed by atoms with Crippen molar-refractivity contribution < 1.29 is 14.1 Å². The summed E-state index contributed by atoms with van der Waals surface area (Å²) in [5, 5.41) is 10.1. The fourth-order valence-electron chi connectivity index (χ4n) is 3.05. The highest BCUT2D eigenvalue weighted by atomic mass is 35.5. The highest BCUT2D eigenvalue weighted by Gasteiger charge is 2.30. The van der Waals surface area contributed by atoms with Crippen LogP contribution in [-0.2, 0) is 9.59 Å². The zero-order valence-corrected chi connectivity index (χ0v) is 14.7. The van der Waals surface area contributed by atoms with Crippen molar-refractivity contribution in [3.63, 3.8) is 0 Å². The number of rotatable bonds is 4. The second-order valence-corrected chi connectivity index (χ2v) is 6.79. The molecule has 1 fully saturated rings. The van der Waals surface area contributed by atoms with Gasteiger partial charge in [0, 0.05) is 28.6 Å². The van der Waals surface area contributed by atoms with Gasteiger partial charge in [0.15, 0.2) is 5.82 Å². The molecule has 1 saturated carbocycles. The Morgan fingerprint density at radius 3 is 2.12 bits per heavy atom. The molecule has 0 unspecified atom stereocenters. The van der Waals surface area contributed by atoms with E-state index in [4.69, 9.17) is 16.1 Å². The second-order valence-electron chi connectivity index (χ2n) is 6.36. The number of carbonyl (C=O) groups is 2. The van der Waals surface area contributed by atoms with E-state index in [1.165, 1.54) is 0 Å². The molecule has 0 spiro atoms. The van der Waals surface area contributed by atoms with Crippen LogP contribution in [0.4, 0.5) is 11.5 Å². The predicted molar refractivity (Wildman–Crippen MR) is 95.4 cm³/mol. The number of anilines is 2. The van der Waals surface area contributed by atoms with Crippen molar-refractivity contribution in [1.29, 1.82) is 0 Å². The molecule has 1 heterocycles. The Labute approximate surface area is 150 Å². The molecule has 1 aliphatic carbocycles. The standard InChI is InChI=1S/C18H20ClN3O3/c1-11-10-16(22-25-11)21-18(24)13-4-2-12(3-5-13)17(23)20-15-8-6-14(19)7-9-15/h6-10,12-13H,2-5H2,1H3,(H,20,23)(H,21,22,24). The van der Waals surface area contributed by atoms with Crippen molar-refractivity contribution in [1.82, 2.24) is 5.16 Å². The van der Waals surface area contributed by atoms with E-state index in [-0.39, 0.29) is 23.7 Å². The minimum atomic E-state index is -0.100. The number of nitrogens with zero attached hydrogens (tertiary/aromatic N) is 1. The highest BCUT2D eigenvalue weighted by molar-refractivity contribution is 6.30. The van der Waals surface area contributed by atoms with E-state index >= 15 is 0 Å². The molecular weight excluding hydrogens is 342 g/mol. The van der Waals surface area contributed by atoms with Gasteiger partial charge in [0.05, 0.1) is 0 Å². The Morgan fingerprint density at radius 1 is 1.04 bits per heavy atom. The van der Waals surface area contributed by atoms with E-state index in [2.05, 4.69) is 15.8 Å². The van der Waals surface area contributed by atoms with Crippen LogP contribution in [0.15, 0.2) is 34.9 Å². The first-order chi connectivity index (χ1) is 12.0. The van der Waals surface area contributed by atoms with Crippen LogP contribution in [-0.4, -0.2) is 17.0 Å². The number of benzene rings is 1. The van der Waals surface area contributed by atoms with Crippen LogP contribution in [0.25, 0.3) is 0 Å². The molecule has 3 rings (SSSR count). The number of amides is 2. The first-order valence-corrected chi connectivity index (χ1v) is 8.69. The van der Waals surface area contributed by atoms with Crippen LogP contribution in [0.2, 0.25) is 5.02 Å². The maximum absolute atomic E-state index is 12.4. The van der Waals surface area contributed by atoms with Gasteiger partial charge in [-0.15, -0.1) is 0 Å². The normalized spacial score (nSPS) is 20.1. The van der Waals surface area contributed by atoms with Crippen LogP contribution in [0.1, 0.15) is 31.4 Å². The SMILES string of the molecule is Cc1cc(NC(=O)C2CCC(C(=O)Nc3ccc(Cl)cc3)CC2)no1. The highest BCUT2D eigenvalue weighted by Crippen LogP contribution is 2.30. The first-order valence-electron chi connectivity index (χ1n) is 8.32. The quantitative estimate of drug-likeness (QED) is 0.861. The number of hydrogen-bond donors (Lipinski definition) is 2. The molecule has 0 aliphatic heterocycles. The summed E-state index contributed by atoms with van der Waals surface area (Å²) >= 11 is 5.84. The molecule has 132 valence electrons. The van der Waals surface area contributed by atoms with E-state index in [1.54, 1.807) is 37.3 Å². The molecule has 1 aromatic heterocycles. The third-order valence-electron chi connectivity index (χ3n) is 4.46. The molecule has 7 heteroatoms. The van der Waals surface area contributed by atoms with Gasteiger partial charge < -0.3 is 15.2 Å². The molecule has 0 radical (unpaired) electrons. The zero-order valence-electron chi connectivity index (χ0n) is 13.9. The minimum Gasteiger partial charge on any atom is -0.360 e. The largest absolute Gasteiger partial charge is 0.360 e. The molecule has 25 heavy (non-hydrogen) atoms. The van der Waals surface area contributed by atoms with Crippen molar-refractivity contribution in [2.75, 3.05) is 10.6 Å². The molecule has 6 nitrogen and oxygen atoms in total. The third kappa shape index (κ3) is 4.60. The molecule has 1 aromatic carbocycles. The number of carbonyl (C=O) groups excluding carboxylic acids is 2. The Balaban J connectivity index is 1.48. The van der Waals surface area contributed by atoms with Crippen molar-refractivity contribution in [2.24, 2.45) is 11.8 Å². The molecule has 0 atom stereocenters. The van der Waals surface area contributed by atoms with Gasteiger partial charge in [0.2, 0.25) is 11.8 Å². The Bertz CT molecular complexity index is 749. The fraction of sp³-hybridized carbons (Fsp3) is 0.389. The van der Waals surface area contributed by atoms with Gasteiger partial charge in [-0.3, -0.25) is 9.59 Å². The molecule has 2 amide bonds. The topological polar surface area (TPSA) is 84.2 Å². The van der Waals surface area contributed by atoms with E-state index < -0.39 is 0 Å². The van der Waals surface area contributed by atoms with Crippen LogP contribution < -0.4 is 10.6 Å². The van der Waals surface area contributed by atoms with Crippen LogP contribution in [0.5, 0.6) is 0 Å². The summed E-state index contributed by atoms with van der Waals surface area (Å²) in [6.07, 6.45) is 2.74. The van der Waals surface area contributed by atoms with Gasteiger partial charge in [-0.2, -0.15) is 0 Å². The lowest BCUT2D eigenvalue weighted by Crippen LogP contribution is -2.32. The molecular formula is C18H20ClN3O3. The van der Waals surface area contributed by atoms with E-state index in [0.29, 0.717) is 42.3 Å². The summed E-state index contributed by atoms with van der Waals surface area (Å²) < 4.78 is 4.94. The van der Waals surface area contributed by atoms with Crippen LogP contribution >= 0.6 is 11.6 Å². The molecule has 2 aromatic rings. The third-order valence-corrected chi connectivity index (χ3v) is 4.71. The summed E-state index contributed by atoms with van der Waals surface area (Å²) in [5.41, 5.74) is 0.732. The smallest absolute Gasteiger partial charge is 0.228 e. The number of halogens is 1. The Hall–Kier alpha value is -2.34. The lowest BCUT2D eigenvalue weighted by atomic mass is 9.81. The second kappa shape index (κ2) is 7.70. The summed E-state index contributed by atoms with van der Waals surface area (Å²) in [6, 6.07) is 8.72. The maximum atomic E-state index is 12.4. The number of aromatic nitrogens is 1. The summed E-state index contributed by atoms with van der Waals surface area (Å²) in [7, 11) is 0. The number of nitrogens with one attached hydrogen (secondary N) is 2. The molecule has 0 saturated heterocycles. The Kier molecular flexibility index (Phi) is 5.38. The van der Waals surface area contributed by atoms with E-state index in [9.17, 15) is 9.59 Å². The summed E-state index contributed by atoms with van der Waals surface area (Å²) in [4.78, 5) is 24.6. The van der Waals surface area contributed by atoms with Crippen LogP contribution in [0, 0.1) is 18.8 Å². The zero-order chi connectivity index (χ0) is 17.8. The maximum Gasteiger partial charge on any atom is 0.228 e. The summed E-state index contributed by atoms with van der Waals surface area (Å²) in [5.74, 6) is 0.840. The van der Waals surface area contributed by atoms with Gasteiger partial charge in [-0.05, 0) is 56.9 Å². The van der Waals surface area contributed by atoms with Crippen molar-refractivity contribution >= 4 is 34.9 Å². The van der Waals surface area contributed by atoms with Gasteiger partial charge in [0.25, 0.3) is 0 Å². The molecule has 0 bridgehead atoms. The van der Waals surface area contributed by atoms with E-state index in [1.807, 2.05) is 0 Å². The summed E-state index contributed by atoms with van der Waals surface area (Å²) in [6.45, 7) is 1.77. The lowest BCUT2D eigenvalue weighted by molar-refractivity contribution is -0.125. The van der Waals surface area contributed by atoms with Gasteiger partial charge in [-0.25, -0.2) is 0 Å². The number of hydrogen-bond acceptors (Lipinski definition) is 4. The van der Waals surface area contributed by atoms with Crippen molar-refractivity contribution in [3.05, 3.63) is 41.1 Å². The average molecular weight is 362 g/mol. The monoisotopic (exact) mass is 361 g/mol. The number of aryl methyl sites for hydroxylation is 1. The van der Waals surface area contributed by atoms with Crippen molar-refractivity contribution in [3.8, 4) is 0 Å².